The molecular formula is C11H13ClO5. The first kappa shape index (κ1) is 13.8. The first-order valence-electron chi connectivity index (χ1n) is 4.84. The highest BCUT2D eigenvalue weighted by Crippen LogP contribution is 2.25. The summed E-state index contributed by atoms with van der Waals surface area (Å²) in [5, 5.41) is 28.2. The molecule has 0 fully saturated rings. The Balaban J connectivity index is 3.18. The Morgan fingerprint density at radius 3 is 2.59 bits per heavy atom. The first-order chi connectivity index (χ1) is 8.01. The normalized spacial score (nSPS) is 14.1. The standard InChI is InChI=1S/C11H13ClO5/c1-17-6-2-3-7(8(4-6)11(15)16)10(14)9(13)5-12/h2-4,9-10,13-14H,5H2,1H3,(H,15,16). The van der Waals surface area contributed by atoms with E-state index in [1.165, 1.54) is 25.3 Å². The molecule has 0 aliphatic carbocycles. The van der Waals surface area contributed by atoms with Gasteiger partial charge in [0.05, 0.1) is 24.7 Å². The number of benzene rings is 1. The largest absolute Gasteiger partial charge is 0.497 e. The SMILES string of the molecule is COc1ccc(C(O)C(O)CCl)c(C(=O)O)c1. The minimum atomic E-state index is -1.34. The molecule has 0 heterocycles. The van der Waals surface area contributed by atoms with E-state index in [1.807, 2.05) is 0 Å². The van der Waals surface area contributed by atoms with Crippen molar-refractivity contribution < 1.29 is 24.9 Å². The van der Waals surface area contributed by atoms with Crippen LogP contribution in [0.25, 0.3) is 0 Å². The predicted octanol–water partition coefficient (Wildman–Crippen LogP) is 1.03. The van der Waals surface area contributed by atoms with Crippen LogP contribution in [-0.2, 0) is 0 Å². The third-order valence-corrected chi connectivity index (χ3v) is 2.65. The maximum absolute atomic E-state index is 11.0. The number of carbonyl (C=O) groups is 1. The highest BCUT2D eigenvalue weighted by Gasteiger charge is 2.23. The van der Waals surface area contributed by atoms with E-state index in [4.69, 9.17) is 21.4 Å². The lowest BCUT2D eigenvalue weighted by Gasteiger charge is -2.18. The van der Waals surface area contributed by atoms with E-state index in [0.29, 0.717) is 5.75 Å². The van der Waals surface area contributed by atoms with Crippen molar-refractivity contribution in [2.45, 2.75) is 12.2 Å². The number of ether oxygens (including phenoxy) is 1. The van der Waals surface area contributed by atoms with Crippen molar-refractivity contribution in [1.29, 1.82) is 0 Å². The molecule has 0 aliphatic heterocycles. The Bertz CT molecular complexity index is 407. The van der Waals surface area contributed by atoms with E-state index >= 15 is 0 Å². The molecule has 0 saturated heterocycles. The highest BCUT2D eigenvalue weighted by molar-refractivity contribution is 6.18. The van der Waals surface area contributed by atoms with Crippen molar-refractivity contribution in [2.24, 2.45) is 0 Å². The van der Waals surface area contributed by atoms with Gasteiger partial charge in [-0.2, -0.15) is 0 Å². The minimum absolute atomic E-state index is 0.103. The summed E-state index contributed by atoms with van der Waals surface area (Å²) in [7, 11) is 1.41. The zero-order valence-corrected chi connectivity index (χ0v) is 9.89. The summed E-state index contributed by atoms with van der Waals surface area (Å²) in [4.78, 5) is 11.0. The highest BCUT2D eigenvalue weighted by atomic mass is 35.5. The number of carboxylic acids is 1. The Hall–Kier alpha value is -1.30. The Morgan fingerprint density at radius 1 is 1.47 bits per heavy atom. The smallest absolute Gasteiger partial charge is 0.336 e. The van der Waals surface area contributed by atoms with E-state index in [9.17, 15) is 15.0 Å². The van der Waals surface area contributed by atoms with Gasteiger partial charge in [-0.05, 0) is 17.7 Å². The van der Waals surface area contributed by atoms with E-state index in [2.05, 4.69) is 0 Å². The number of aliphatic hydroxyl groups is 2. The number of rotatable bonds is 5. The van der Waals surface area contributed by atoms with Crippen LogP contribution in [0.4, 0.5) is 0 Å². The maximum Gasteiger partial charge on any atom is 0.336 e. The number of carboxylic acid groups (broad SMARTS) is 1. The van der Waals surface area contributed by atoms with Gasteiger partial charge in [0, 0.05) is 0 Å². The topological polar surface area (TPSA) is 87.0 Å². The summed E-state index contributed by atoms with van der Waals surface area (Å²) in [5.74, 6) is -1.04. The lowest BCUT2D eigenvalue weighted by atomic mass is 9.99. The van der Waals surface area contributed by atoms with Gasteiger partial charge in [-0.25, -0.2) is 4.79 Å². The molecule has 0 spiro atoms. The second-order valence-electron chi connectivity index (χ2n) is 3.42. The van der Waals surface area contributed by atoms with Crippen LogP contribution < -0.4 is 4.74 Å². The molecule has 2 unspecified atom stereocenters. The van der Waals surface area contributed by atoms with Gasteiger partial charge in [-0.3, -0.25) is 0 Å². The molecule has 94 valence electrons. The van der Waals surface area contributed by atoms with Gasteiger partial charge in [0.15, 0.2) is 0 Å². The average Bonchev–Trinajstić information content (AvgIpc) is 2.35. The van der Waals surface area contributed by atoms with E-state index in [0.717, 1.165) is 0 Å². The second kappa shape index (κ2) is 5.86. The van der Waals surface area contributed by atoms with E-state index < -0.39 is 18.2 Å². The van der Waals surface area contributed by atoms with Gasteiger partial charge in [0.2, 0.25) is 0 Å². The predicted molar refractivity (Wildman–Crippen MR) is 61.6 cm³/mol. The molecule has 0 radical (unpaired) electrons. The summed E-state index contributed by atoms with van der Waals surface area (Å²) in [6, 6.07) is 4.18. The third kappa shape index (κ3) is 3.09. The van der Waals surface area contributed by atoms with Crippen LogP contribution in [0.1, 0.15) is 22.0 Å². The molecule has 0 bridgehead atoms. The Labute approximate surface area is 103 Å². The summed E-state index contributed by atoms with van der Waals surface area (Å²) >= 11 is 5.41. The van der Waals surface area contributed by atoms with Gasteiger partial charge in [0.25, 0.3) is 0 Å². The van der Waals surface area contributed by atoms with Gasteiger partial charge >= 0.3 is 5.97 Å². The fourth-order valence-electron chi connectivity index (χ4n) is 1.40. The van der Waals surface area contributed by atoms with Gasteiger partial charge in [-0.1, -0.05) is 6.07 Å². The summed E-state index contributed by atoms with van der Waals surface area (Å²) in [5.41, 5.74) is -0.0209. The van der Waals surface area contributed by atoms with Crippen molar-refractivity contribution in [3.05, 3.63) is 29.3 Å². The quantitative estimate of drug-likeness (QED) is 0.688. The number of hydrogen-bond acceptors (Lipinski definition) is 4. The third-order valence-electron chi connectivity index (χ3n) is 2.33. The fraction of sp³-hybridized carbons (Fsp3) is 0.364. The van der Waals surface area contributed by atoms with E-state index in [-0.39, 0.29) is 17.0 Å². The first-order valence-corrected chi connectivity index (χ1v) is 5.38. The molecule has 1 aromatic carbocycles. The zero-order valence-electron chi connectivity index (χ0n) is 9.13. The Kier molecular flexibility index (Phi) is 4.74. The molecule has 2 atom stereocenters. The number of alkyl halides is 1. The number of halogens is 1. The molecule has 5 nitrogen and oxygen atoms in total. The number of hydrogen-bond donors (Lipinski definition) is 3. The van der Waals surface area contributed by atoms with Gasteiger partial charge in [0.1, 0.15) is 11.9 Å². The van der Waals surface area contributed by atoms with Gasteiger partial charge < -0.3 is 20.1 Å². The molecule has 1 aromatic rings. The molecule has 17 heavy (non-hydrogen) atoms. The van der Waals surface area contributed by atoms with Crippen LogP contribution in [-0.4, -0.2) is 40.4 Å². The Morgan fingerprint density at radius 2 is 2.12 bits per heavy atom. The van der Waals surface area contributed by atoms with Crippen molar-refractivity contribution in [3.63, 3.8) is 0 Å². The number of aliphatic hydroxyl groups excluding tert-OH is 2. The fourth-order valence-corrected chi connectivity index (χ4v) is 1.57. The van der Waals surface area contributed by atoms with Crippen molar-refractivity contribution in [1.82, 2.24) is 0 Å². The van der Waals surface area contributed by atoms with E-state index in [1.54, 1.807) is 0 Å². The van der Waals surface area contributed by atoms with Crippen LogP contribution in [0.5, 0.6) is 5.75 Å². The zero-order chi connectivity index (χ0) is 13.0. The second-order valence-corrected chi connectivity index (χ2v) is 3.73. The minimum Gasteiger partial charge on any atom is -0.497 e. The van der Waals surface area contributed by atoms with Gasteiger partial charge in [-0.15, -0.1) is 11.6 Å². The molecule has 1 rings (SSSR count). The molecule has 6 heteroatoms. The van der Waals surface area contributed by atoms with Crippen LogP contribution in [0.2, 0.25) is 0 Å². The lowest BCUT2D eigenvalue weighted by Crippen LogP contribution is -2.22. The van der Waals surface area contributed by atoms with Crippen LogP contribution in [0.3, 0.4) is 0 Å². The number of aromatic carboxylic acids is 1. The van der Waals surface area contributed by atoms with Crippen LogP contribution in [0, 0.1) is 0 Å². The molecule has 0 saturated carbocycles. The summed E-state index contributed by atoms with van der Waals surface area (Å²) in [6.07, 6.45) is -2.56. The lowest BCUT2D eigenvalue weighted by molar-refractivity contribution is 0.0312. The monoisotopic (exact) mass is 260 g/mol. The van der Waals surface area contributed by atoms with Crippen molar-refractivity contribution in [2.75, 3.05) is 13.0 Å². The van der Waals surface area contributed by atoms with Crippen LogP contribution >= 0.6 is 11.6 Å². The van der Waals surface area contributed by atoms with Crippen LogP contribution in [0.15, 0.2) is 18.2 Å². The molecular weight excluding hydrogens is 248 g/mol. The number of methoxy groups -OCH3 is 1. The van der Waals surface area contributed by atoms with Crippen molar-refractivity contribution >= 4 is 17.6 Å². The molecule has 0 aromatic heterocycles. The molecule has 0 amide bonds. The maximum atomic E-state index is 11.0. The van der Waals surface area contributed by atoms with Crippen molar-refractivity contribution in [3.8, 4) is 5.75 Å². The average molecular weight is 261 g/mol. The summed E-state index contributed by atoms with van der Waals surface area (Å²) < 4.78 is 4.89. The molecule has 0 aliphatic rings. The summed E-state index contributed by atoms with van der Waals surface area (Å²) in [6.45, 7) is 0. The molecule has 3 N–H and O–H groups in total.